The first kappa shape index (κ1) is 12.8. The highest BCUT2D eigenvalue weighted by Gasteiger charge is 2.15. The standard InChI is InChI=1S/C13H19N3O2/c14-12-11(6-3-7-15-12)13(17)16-8-9-18-10-4-1-2-5-10/h3,6-7,10H,1-2,4-5,8-9H2,(H2,14,15)(H,16,17). The molecule has 3 N–H and O–H groups in total. The van der Waals surface area contributed by atoms with Crippen LogP contribution < -0.4 is 11.1 Å². The van der Waals surface area contributed by atoms with Crippen LogP contribution in [0.2, 0.25) is 0 Å². The molecular formula is C13H19N3O2. The Labute approximate surface area is 107 Å². The molecule has 0 unspecified atom stereocenters. The van der Waals surface area contributed by atoms with E-state index in [1.54, 1.807) is 18.3 Å². The minimum absolute atomic E-state index is 0.198. The molecule has 0 saturated heterocycles. The lowest BCUT2D eigenvalue weighted by Crippen LogP contribution is -2.29. The Hall–Kier alpha value is -1.62. The molecule has 1 saturated carbocycles. The van der Waals surface area contributed by atoms with E-state index < -0.39 is 0 Å². The van der Waals surface area contributed by atoms with Crippen molar-refractivity contribution in [2.45, 2.75) is 31.8 Å². The number of amides is 1. The van der Waals surface area contributed by atoms with Gasteiger partial charge in [-0.2, -0.15) is 0 Å². The van der Waals surface area contributed by atoms with Gasteiger partial charge in [0.1, 0.15) is 5.82 Å². The average molecular weight is 249 g/mol. The highest BCUT2D eigenvalue weighted by Crippen LogP contribution is 2.20. The molecular weight excluding hydrogens is 230 g/mol. The molecule has 2 rings (SSSR count). The molecule has 0 aromatic carbocycles. The molecule has 1 amide bonds. The third-order valence-electron chi connectivity index (χ3n) is 3.13. The Bertz CT molecular complexity index is 403. The van der Waals surface area contributed by atoms with Gasteiger partial charge in [0.15, 0.2) is 0 Å². The Morgan fingerprint density at radius 1 is 1.50 bits per heavy atom. The number of anilines is 1. The summed E-state index contributed by atoms with van der Waals surface area (Å²) in [6.45, 7) is 1.06. The van der Waals surface area contributed by atoms with Crippen LogP contribution in [0.1, 0.15) is 36.0 Å². The van der Waals surface area contributed by atoms with Gasteiger partial charge in [-0.15, -0.1) is 0 Å². The molecule has 1 aromatic heterocycles. The number of rotatable bonds is 5. The molecule has 5 heteroatoms. The first-order valence-corrected chi connectivity index (χ1v) is 6.37. The minimum atomic E-state index is -0.198. The highest BCUT2D eigenvalue weighted by atomic mass is 16.5. The van der Waals surface area contributed by atoms with Gasteiger partial charge in [0.05, 0.1) is 18.3 Å². The third kappa shape index (κ3) is 3.43. The molecule has 1 heterocycles. The molecule has 0 bridgehead atoms. The quantitative estimate of drug-likeness (QED) is 0.772. The summed E-state index contributed by atoms with van der Waals surface area (Å²) in [6, 6.07) is 3.36. The highest BCUT2D eigenvalue weighted by molar-refractivity contribution is 5.98. The lowest BCUT2D eigenvalue weighted by molar-refractivity contribution is 0.0582. The summed E-state index contributed by atoms with van der Waals surface area (Å²) < 4.78 is 5.66. The molecule has 0 aliphatic heterocycles. The third-order valence-corrected chi connectivity index (χ3v) is 3.13. The second-order valence-electron chi connectivity index (χ2n) is 4.47. The lowest BCUT2D eigenvalue weighted by Gasteiger charge is -2.11. The zero-order chi connectivity index (χ0) is 12.8. The molecule has 1 aliphatic rings. The SMILES string of the molecule is Nc1ncccc1C(=O)NCCOC1CCCC1. The Morgan fingerprint density at radius 3 is 3.00 bits per heavy atom. The summed E-state index contributed by atoms with van der Waals surface area (Å²) >= 11 is 0. The zero-order valence-corrected chi connectivity index (χ0v) is 10.4. The van der Waals surface area contributed by atoms with E-state index >= 15 is 0 Å². The van der Waals surface area contributed by atoms with Gasteiger partial charge in [-0.05, 0) is 25.0 Å². The maximum Gasteiger partial charge on any atom is 0.255 e. The molecule has 0 atom stereocenters. The average Bonchev–Trinajstić information content (AvgIpc) is 2.88. The molecule has 1 aliphatic carbocycles. The van der Waals surface area contributed by atoms with Crippen LogP contribution in [-0.2, 0) is 4.74 Å². The Morgan fingerprint density at radius 2 is 2.28 bits per heavy atom. The molecule has 1 fully saturated rings. The molecule has 5 nitrogen and oxygen atoms in total. The van der Waals surface area contributed by atoms with E-state index in [4.69, 9.17) is 10.5 Å². The van der Waals surface area contributed by atoms with Crippen molar-refractivity contribution >= 4 is 11.7 Å². The Balaban J connectivity index is 1.70. The van der Waals surface area contributed by atoms with E-state index in [-0.39, 0.29) is 11.7 Å². The first-order chi connectivity index (χ1) is 8.77. The molecule has 18 heavy (non-hydrogen) atoms. The van der Waals surface area contributed by atoms with Crippen molar-refractivity contribution < 1.29 is 9.53 Å². The van der Waals surface area contributed by atoms with Crippen LogP contribution in [0.25, 0.3) is 0 Å². The van der Waals surface area contributed by atoms with Gasteiger partial charge < -0.3 is 15.8 Å². The number of ether oxygens (including phenoxy) is 1. The number of nitrogens with zero attached hydrogens (tertiary/aromatic N) is 1. The summed E-state index contributed by atoms with van der Waals surface area (Å²) in [7, 11) is 0. The van der Waals surface area contributed by atoms with E-state index in [1.807, 2.05) is 0 Å². The molecule has 0 radical (unpaired) electrons. The van der Waals surface area contributed by atoms with Crippen LogP contribution >= 0.6 is 0 Å². The van der Waals surface area contributed by atoms with Crippen molar-refractivity contribution in [2.24, 2.45) is 0 Å². The number of hydrogen-bond donors (Lipinski definition) is 2. The molecule has 1 aromatic rings. The van der Waals surface area contributed by atoms with Gasteiger partial charge in [0.2, 0.25) is 0 Å². The monoisotopic (exact) mass is 249 g/mol. The van der Waals surface area contributed by atoms with Gasteiger partial charge in [0, 0.05) is 12.7 Å². The lowest BCUT2D eigenvalue weighted by atomic mass is 10.2. The van der Waals surface area contributed by atoms with E-state index in [9.17, 15) is 4.79 Å². The molecule has 98 valence electrons. The van der Waals surface area contributed by atoms with Crippen LogP contribution in [0.3, 0.4) is 0 Å². The predicted octanol–water partition coefficient (Wildman–Crippen LogP) is 1.35. The summed E-state index contributed by atoms with van der Waals surface area (Å²) in [6.07, 6.45) is 6.74. The van der Waals surface area contributed by atoms with Crippen molar-refractivity contribution in [1.82, 2.24) is 10.3 Å². The smallest absolute Gasteiger partial charge is 0.255 e. The number of nitrogen functional groups attached to an aromatic ring is 1. The van der Waals surface area contributed by atoms with Gasteiger partial charge >= 0.3 is 0 Å². The fraction of sp³-hybridized carbons (Fsp3) is 0.538. The second-order valence-corrected chi connectivity index (χ2v) is 4.47. The van der Waals surface area contributed by atoms with Crippen LogP contribution in [-0.4, -0.2) is 30.1 Å². The number of hydrogen-bond acceptors (Lipinski definition) is 4. The number of aromatic nitrogens is 1. The summed E-state index contributed by atoms with van der Waals surface area (Å²) in [4.78, 5) is 15.7. The number of carbonyl (C=O) groups excluding carboxylic acids is 1. The van der Waals surface area contributed by atoms with Crippen molar-refractivity contribution in [3.8, 4) is 0 Å². The normalized spacial score (nSPS) is 15.8. The first-order valence-electron chi connectivity index (χ1n) is 6.37. The van der Waals surface area contributed by atoms with Crippen LogP contribution in [0.4, 0.5) is 5.82 Å². The van der Waals surface area contributed by atoms with E-state index in [1.165, 1.54) is 12.8 Å². The topological polar surface area (TPSA) is 77.2 Å². The van der Waals surface area contributed by atoms with Crippen molar-refractivity contribution in [2.75, 3.05) is 18.9 Å². The number of nitrogens with one attached hydrogen (secondary N) is 1. The maximum atomic E-state index is 11.8. The van der Waals surface area contributed by atoms with Crippen molar-refractivity contribution in [3.63, 3.8) is 0 Å². The number of carbonyl (C=O) groups is 1. The van der Waals surface area contributed by atoms with Gasteiger partial charge in [-0.1, -0.05) is 12.8 Å². The number of nitrogens with two attached hydrogens (primary N) is 1. The summed E-state index contributed by atoms with van der Waals surface area (Å²) in [5, 5.41) is 2.78. The van der Waals surface area contributed by atoms with Crippen LogP contribution in [0.15, 0.2) is 18.3 Å². The largest absolute Gasteiger partial charge is 0.383 e. The second kappa shape index (κ2) is 6.35. The zero-order valence-electron chi connectivity index (χ0n) is 10.4. The van der Waals surface area contributed by atoms with E-state index in [0.29, 0.717) is 24.8 Å². The van der Waals surface area contributed by atoms with E-state index in [0.717, 1.165) is 12.8 Å². The van der Waals surface area contributed by atoms with Gasteiger partial charge in [-0.3, -0.25) is 4.79 Å². The maximum absolute atomic E-state index is 11.8. The van der Waals surface area contributed by atoms with Crippen LogP contribution in [0, 0.1) is 0 Å². The van der Waals surface area contributed by atoms with Crippen molar-refractivity contribution in [1.29, 1.82) is 0 Å². The Kier molecular flexibility index (Phi) is 4.52. The number of pyridine rings is 1. The fourth-order valence-corrected chi connectivity index (χ4v) is 2.15. The summed E-state index contributed by atoms with van der Waals surface area (Å²) in [5.74, 6) is 0.0577. The fourth-order valence-electron chi connectivity index (χ4n) is 2.15. The van der Waals surface area contributed by atoms with Crippen LogP contribution in [0.5, 0.6) is 0 Å². The summed E-state index contributed by atoms with van der Waals surface area (Å²) in [5.41, 5.74) is 6.04. The van der Waals surface area contributed by atoms with Gasteiger partial charge in [-0.25, -0.2) is 4.98 Å². The molecule has 0 spiro atoms. The predicted molar refractivity (Wildman–Crippen MR) is 69.2 cm³/mol. The van der Waals surface area contributed by atoms with Gasteiger partial charge in [0.25, 0.3) is 5.91 Å². The van der Waals surface area contributed by atoms with Crippen molar-refractivity contribution in [3.05, 3.63) is 23.9 Å². The minimum Gasteiger partial charge on any atom is -0.383 e. The van der Waals surface area contributed by atoms with E-state index in [2.05, 4.69) is 10.3 Å².